The van der Waals surface area contributed by atoms with E-state index in [0.717, 1.165) is 35.5 Å². The van der Waals surface area contributed by atoms with Gasteiger partial charge in [-0.2, -0.15) is 4.80 Å². The van der Waals surface area contributed by atoms with Crippen LogP contribution in [0.1, 0.15) is 24.6 Å². The monoisotopic (exact) mass is 437 g/mol. The molecule has 1 saturated carbocycles. The first-order valence-corrected chi connectivity index (χ1v) is 10.6. The highest BCUT2D eigenvalue weighted by Gasteiger charge is 2.26. The molecule has 2 N–H and O–H groups in total. The first-order valence-electron chi connectivity index (χ1n) is 10.6. The van der Waals surface area contributed by atoms with E-state index >= 15 is 0 Å². The summed E-state index contributed by atoms with van der Waals surface area (Å²) in [6, 6.07) is 15.1. The maximum absolute atomic E-state index is 12.6. The Bertz CT molecular complexity index is 1530. The highest BCUT2D eigenvalue weighted by molar-refractivity contribution is 5.83. The van der Waals surface area contributed by atoms with Crippen molar-refractivity contribution in [2.75, 3.05) is 5.32 Å². The van der Waals surface area contributed by atoms with E-state index in [0.29, 0.717) is 34.3 Å². The molecule has 33 heavy (non-hydrogen) atoms. The predicted molar refractivity (Wildman–Crippen MR) is 123 cm³/mol. The Labute approximate surface area is 187 Å². The number of aryl methyl sites for hydroxylation is 1. The number of nitrogens with zero attached hydrogens (tertiary/aromatic N) is 7. The summed E-state index contributed by atoms with van der Waals surface area (Å²) in [6.07, 6.45) is 3.86. The van der Waals surface area contributed by atoms with E-state index in [9.17, 15) is 4.79 Å². The Morgan fingerprint density at radius 3 is 2.61 bits per heavy atom. The third-order valence-corrected chi connectivity index (χ3v) is 5.55. The van der Waals surface area contributed by atoms with E-state index in [1.165, 1.54) is 4.80 Å². The largest absolute Gasteiger partial charge is 0.324 e. The lowest BCUT2D eigenvalue weighted by Crippen LogP contribution is -2.11. The smallest absolute Gasteiger partial charge is 0.258 e. The number of rotatable bonds is 5. The fraction of sp³-hybridized carbons (Fsp3) is 0.174. The van der Waals surface area contributed by atoms with Crippen LogP contribution in [0.3, 0.4) is 0 Å². The minimum atomic E-state index is -0.117. The van der Waals surface area contributed by atoms with Crippen molar-refractivity contribution < 1.29 is 0 Å². The molecular weight excluding hydrogens is 418 g/mol. The first kappa shape index (κ1) is 19.2. The molecule has 162 valence electrons. The molecule has 10 heteroatoms. The van der Waals surface area contributed by atoms with Gasteiger partial charge >= 0.3 is 0 Å². The number of hydrogen-bond acceptors (Lipinski definition) is 8. The topological polar surface area (TPSA) is 127 Å². The lowest BCUT2D eigenvalue weighted by molar-refractivity contribution is 0.630. The molecule has 0 unspecified atom stereocenters. The van der Waals surface area contributed by atoms with Gasteiger partial charge in [-0.05, 0) is 60.5 Å². The molecule has 1 fully saturated rings. The summed E-state index contributed by atoms with van der Waals surface area (Å²) in [7, 11) is 1.73. The molecule has 2 aromatic carbocycles. The summed E-state index contributed by atoms with van der Waals surface area (Å²) < 4.78 is 0. The number of tetrazole rings is 1. The molecule has 1 aliphatic carbocycles. The maximum Gasteiger partial charge on any atom is 0.258 e. The van der Waals surface area contributed by atoms with Crippen molar-refractivity contribution in [3.63, 3.8) is 0 Å². The number of aromatic amines is 1. The summed E-state index contributed by atoms with van der Waals surface area (Å²) in [4.78, 5) is 30.5. The lowest BCUT2D eigenvalue weighted by atomic mass is 10.1. The number of anilines is 2. The van der Waals surface area contributed by atoms with Gasteiger partial charge in [0.05, 0.1) is 23.6 Å². The minimum Gasteiger partial charge on any atom is -0.324 e. The van der Waals surface area contributed by atoms with Crippen LogP contribution >= 0.6 is 0 Å². The van der Waals surface area contributed by atoms with Crippen LogP contribution in [-0.2, 0) is 7.05 Å². The summed E-state index contributed by atoms with van der Waals surface area (Å²) in [5.41, 5.74) is 3.81. The fourth-order valence-corrected chi connectivity index (χ4v) is 3.68. The second kappa shape index (κ2) is 7.59. The molecule has 0 atom stereocenters. The quantitative estimate of drug-likeness (QED) is 0.429. The van der Waals surface area contributed by atoms with Gasteiger partial charge in [-0.1, -0.05) is 6.07 Å². The molecule has 6 rings (SSSR count). The number of fused-ring (bicyclic) bond motifs is 1. The normalized spacial score (nSPS) is 13.4. The summed E-state index contributed by atoms with van der Waals surface area (Å²) in [5.74, 6) is 2.19. The van der Waals surface area contributed by atoms with E-state index in [1.54, 1.807) is 13.2 Å². The van der Waals surface area contributed by atoms with Gasteiger partial charge < -0.3 is 10.3 Å². The van der Waals surface area contributed by atoms with E-state index in [2.05, 4.69) is 40.7 Å². The van der Waals surface area contributed by atoms with Crippen LogP contribution in [0.2, 0.25) is 0 Å². The molecule has 1 aliphatic rings. The average Bonchev–Trinajstić information content (AvgIpc) is 3.60. The van der Waals surface area contributed by atoms with Gasteiger partial charge in [0, 0.05) is 28.9 Å². The zero-order chi connectivity index (χ0) is 22.4. The van der Waals surface area contributed by atoms with E-state index in [-0.39, 0.29) is 5.56 Å². The van der Waals surface area contributed by atoms with Gasteiger partial charge in [-0.3, -0.25) is 4.79 Å². The third-order valence-electron chi connectivity index (χ3n) is 5.55. The standard InChI is InChI=1S/C23H19N9O/c1-32-30-21(29-31-32)14-4-7-16(8-5-14)25-23-24-11-10-18(27-23)15-6-9-19-17(12-15)22(33)28-20(26-19)13-2-3-13/h4-13H,2-3H2,1H3,(H,24,25,27)(H,26,28,33). The van der Waals surface area contributed by atoms with Crippen LogP contribution in [0.25, 0.3) is 33.5 Å². The number of benzene rings is 2. The molecule has 0 aliphatic heterocycles. The Kier molecular flexibility index (Phi) is 4.42. The summed E-state index contributed by atoms with van der Waals surface area (Å²) in [6.45, 7) is 0. The molecule has 0 bridgehead atoms. The Hall–Kier alpha value is -4.47. The van der Waals surface area contributed by atoms with Crippen molar-refractivity contribution in [3.8, 4) is 22.6 Å². The molecule has 3 heterocycles. The van der Waals surface area contributed by atoms with Crippen molar-refractivity contribution in [1.82, 2.24) is 40.1 Å². The maximum atomic E-state index is 12.6. The van der Waals surface area contributed by atoms with Crippen molar-refractivity contribution in [2.45, 2.75) is 18.8 Å². The third kappa shape index (κ3) is 3.82. The number of hydrogen-bond donors (Lipinski definition) is 2. The Morgan fingerprint density at radius 1 is 1.03 bits per heavy atom. The zero-order valence-electron chi connectivity index (χ0n) is 17.7. The van der Waals surface area contributed by atoms with Crippen LogP contribution in [-0.4, -0.2) is 40.1 Å². The van der Waals surface area contributed by atoms with Gasteiger partial charge in [0.2, 0.25) is 11.8 Å². The van der Waals surface area contributed by atoms with Gasteiger partial charge in [0.25, 0.3) is 5.56 Å². The zero-order valence-corrected chi connectivity index (χ0v) is 17.7. The number of nitrogens with one attached hydrogen (secondary N) is 2. The lowest BCUT2D eigenvalue weighted by Gasteiger charge is -2.08. The van der Waals surface area contributed by atoms with Gasteiger partial charge in [-0.25, -0.2) is 15.0 Å². The van der Waals surface area contributed by atoms with Crippen LogP contribution in [0, 0.1) is 0 Å². The van der Waals surface area contributed by atoms with Crippen LogP contribution in [0.15, 0.2) is 59.5 Å². The highest BCUT2D eigenvalue weighted by Crippen LogP contribution is 2.38. The fourth-order valence-electron chi connectivity index (χ4n) is 3.68. The van der Waals surface area contributed by atoms with Gasteiger partial charge in [0.15, 0.2) is 0 Å². The minimum absolute atomic E-state index is 0.117. The average molecular weight is 437 g/mol. The molecule has 0 amide bonds. The Morgan fingerprint density at radius 2 is 1.85 bits per heavy atom. The van der Waals surface area contributed by atoms with Crippen LogP contribution < -0.4 is 10.9 Å². The summed E-state index contributed by atoms with van der Waals surface area (Å²) in [5, 5.41) is 15.8. The van der Waals surface area contributed by atoms with Crippen molar-refractivity contribution in [3.05, 3.63) is 70.9 Å². The molecule has 0 spiro atoms. The van der Waals surface area contributed by atoms with Crippen molar-refractivity contribution >= 4 is 22.5 Å². The second-order valence-corrected chi connectivity index (χ2v) is 8.03. The molecular formula is C23H19N9O. The van der Waals surface area contributed by atoms with Crippen LogP contribution in [0.4, 0.5) is 11.6 Å². The second-order valence-electron chi connectivity index (χ2n) is 8.03. The number of H-pyrrole nitrogens is 1. The van der Waals surface area contributed by atoms with E-state index in [4.69, 9.17) is 0 Å². The molecule has 5 aromatic rings. The first-order chi connectivity index (χ1) is 16.1. The SMILES string of the molecule is Cn1nnc(-c2ccc(Nc3nccc(-c4ccc5nc(C6CC6)[nH]c(=O)c5c4)n3)cc2)n1. The summed E-state index contributed by atoms with van der Waals surface area (Å²) >= 11 is 0. The van der Waals surface area contributed by atoms with Gasteiger partial charge in [-0.15, -0.1) is 10.2 Å². The highest BCUT2D eigenvalue weighted by atomic mass is 16.1. The predicted octanol–water partition coefficient (Wildman–Crippen LogP) is 3.19. The van der Waals surface area contributed by atoms with Crippen molar-refractivity contribution in [1.29, 1.82) is 0 Å². The van der Waals surface area contributed by atoms with Gasteiger partial charge in [0.1, 0.15) is 5.82 Å². The molecule has 0 saturated heterocycles. The molecule has 0 radical (unpaired) electrons. The number of aromatic nitrogens is 8. The Balaban J connectivity index is 1.26. The van der Waals surface area contributed by atoms with Crippen LogP contribution in [0.5, 0.6) is 0 Å². The van der Waals surface area contributed by atoms with E-state index < -0.39 is 0 Å². The van der Waals surface area contributed by atoms with Crippen molar-refractivity contribution in [2.24, 2.45) is 7.05 Å². The molecule has 10 nitrogen and oxygen atoms in total. The molecule has 3 aromatic heterocycles. The van der Waals surface area contributed by atoms with E-state index in [1.807, 2.05) is 48.5 Å².